The van der Waals surface area contributed by atoms with Crippen molar-refractivity contribution >= 4 is 48.1 Å². The van der Waals surface area contributed by atoms with Gasteiger partial charge in [-0.1, -0.05) is 6.07 Å². The number of rotatable bonds is 7. The van der Waals surface area contributed by atoms with E-state index in [4.69, 9.17) is 0 Å². The molecule has 2 heterocycles. The van der Waals surface area contributed by atoms with Crippen molar-refractivity contribution in [3.05, 3.63) is 35.8 Å². The molecule has 2 N–H and O–H groups in total. The monoisotopic (exact) mass is 364 g/mol. The molecule has 0 saturated heterocycles. The second kappa shape index (κ2) is 10.7. The Bertz CT molecular complexity index is 591. The smallest absolute Gasteiger partial charge is 0.230 e. The van der Waals surface area contributed by atoms with Crippen molar-refractivity contribution in [2.24, 2.45) is 0 Å². The van der Waals surface area contributed by atoms with Crippen molar-refractivity contribution in [2.75, 3.05) is 25.9 Å². The highest BCUT2D eigenvalue weighted by atomic mass is 35.5. The van der Waals surface area contributed by atoms with Crippen molar-refractivity contribution in [3.63, 3.8) is 0 Å². The molecule has 0 aromatic carbocycles. The van der Waals surface area contributed by atoms with E-state index in [1.807, 2.05) is 23.7 Å². The number of pyridine rings is 1. The van der Waals surface area contributed by atoms with Crippen LogP contribution in [0.5, 0.6) is 0 Å². The summed E-state index contributed by atoms with van der Waals surface area (Å²) in [7, 11) is 1.87. The van der Waals surface area contributed by atoms with Gasteiger partial charge in [0.05, 0.1) is 11.4 Å². The number of amides is 1. The lowest BCUT2D eigenvalue weighted by Gasteiger charge is -2.03. The van der Waals surface area contributed by atoms with Gasteiger partial charge in [0.2, 0.25) is 5.91 Å². The number of thioether (sulfide) groups is 1. The van der Waals surface area contributed by atoms with Crippen LogP contribution in [0.25, 0.3) is 5.65 Å². The second-order valence-corrected chi connectivity index (χ2v) is 5.64. The number of hydrogen-bond donors (Lipinski definition) is 2. The Morgan fingerprint density at radius 2 is 2.05 bits per heavy atom. The fourth-order valence-corrected chi connectivity index (χ4v) is 2.59. The van der Waals surface area contributed by atoms with Gasteiger partial charge in [0.25, 0.3) is 0 Å². The molecule has 5 nitrogen and oxygen atoms in total. The molecule has 1 amide bonds. The maximum atomic E-state index is 11.5. The van der Waals surface area contributed by atoms with Gasteiger partial charge >= 0.3 is 0 Å². The number of imidazole rings is 1. The van der Waals surface area contributed by atoms with Crippen LogP contribution in [-0.2, 0) is 10.5 Å². The van der Waals surface area contributed by atoms with Crippen LogP contribution in [0, 0.1) is 6.92 Å². The third-order valence-corrected chi connectivity index (χ3v) is 3.80. The van der Waals surface area contributed by atoms with E-state index in [0.29, 0.717) is 12.3 Å². The van der Waals surface area contributed by atoms with Crippen molar-refractivity contribution in [1.82, 2.24) is 20.0 Å². The predicted molar refractivity (Wildman–Crippen MR) is 97.5 cm³/mol. The summed E-state index contributed by atoms with van der Waals surface area (Å²) in [6, 6.07) is 4.06. The third-order valence-electron chi connectivity index (χ3n) is 2.83. The Morgan fingerprint density at radius 3 is 2.77 bits per heavy atom. The van der Waals surface area contributed by atoms with Crippen LogP contribution in [0.4, 0.5) is 0 Å². The summed E-state index contributed by atoms with van der Waals surface area (Å²) in [5.41, 5.74) is 3.16. The van der Waals surface area contributed by atoms with Gasteiger partial charge in [0.1, 0.15) is 5.65 Å². The molecule has 0 saturated carbocycles. The molecule has 2 aromatic rings. The minimum atomic E-state index is 0. The van der Waals surface area contributed by atoms with Crippen molar-refractivity contribution in [1.29, 1.82) is 0 Å². The highest BCUT2D eigenvalue weighted by Crippen LogP contribution is 2.13. The van der Waals surface area contributed by atoms with E-state index in [1.165, 1.54) is 5.56 Å². The lowest BCUT2D eigenvalue weighted by Crippen LogP contribution is -2.31. The first-order chi connectivity index (χ1) is 9.69. The Balaban J connectivity index is 0.00000220. The van der Waals surface area contributed by atoms with E-state index in [2.05, 4.69) is 34.8 Å². The van der Waals surface area contributed by atoms with Gasteiger partial charge < -0.3 is 15.0 Å². The summed E-state index contributed by atoms with van der Waals surface area (Å²) < 4.78 is 2.03. The van der Waals surface area contributed by atoms with Crippen LogP contribution >= 0.6 is 36.6 Å². The molecule has 124 valence electrons. The number of nitrogens with zero attached hydrogens (tertiary/aromatic N) is 2. The van der Waals surface area contributed by atoms with Gasteiger partial charge in [0, 0.05) is 31.2 Å². The number of carbonyl (C=O) groups excluding carboxylic acids is 1. The maximum absolute atomic E-state index is 11.5. The molecule has 0 aliphatic rings. The van der Waals surface area contributed by atoms with Gasteiger partial charge in [-0.15, -0.1) is 36.6 Å². The first-order valence-corrected chi connectivity index (χ1v) is 7.78. The molecule has 0 radical (unpaired) electrons. The van der Waals surface area contributed by atoms with Gasteiger partial charge in [-0.3, -0.25) is 4.79 Å². The molecule has 0 aliphatic heterocycles. The standard InChI is InChI=1S/C14H20N4OS.2ClH/c1-11-3-4-13-17-12(8-18(13)7-11)9-20-10-14(19)16-6-5-15-2;;/h3-4,7-8,15H,5-6,9-10H2,1-2H3,(H,16,19);2*1H. The zero-order valence-electron chi connectivity index (χ0n) is 12.7. The van der Waals surface area contributed by atoms with Crippen molar-refractivity contribution < 1.29 is 4.79 Å². The van der Waals surface area contributed by atoms with Crippen LogP contribution < -0.4 is 10.6 Å². The number of aromatic nitrogens is 2. The fraction of sp³-hybridized carbons (Fsp3) is 0.429. The number of likely N-dealkylation sites (N-methyl/N-ethyl adjacent to an activating group) is 1. The maximum Gasteiger partial charge on any atom is 0.230 e. The SMILES string of the molecule is CNCCNC(=O)CSCc1cn2cc(C)ccc2n1.Cl.Cl. The zero-order valence-corrected chi connectivity index (χ0v) is 15.1. The lowest BCUT2D eigenvalue weighted by atomic mass is 10.3. The van der Waals surface area contributed by atoms with Crippen LogP contribution in [-0.4, -0.2) is 41.2 Å². The fourth-order valence-electron chi connectivity index (χ4n) is 1.85. The van der Waals surface area contributed by atoms with E-state index in [1.54, 1.807) is 11.8 Å². The van der Waals surface area contributed by atoms with Crippen molar-refractivity contribution in [3.8, 4) is 0 Å². The van der Waals surface area contributed by atoms with Gasteiger partial charge in [-0.2, -0.15) is 0 Å². The molecule has 0 fully saturated rings. The summed E-state index contributed by atoms with van der Waals surface area (Å²) in [4.78, 5) is 16.1. The minimum Gasteiger partial charge on any atom is -0.354 e. The number of aryl methyl sites for hydroxylation is 1. The van der Waals surface area contributed by atoms with E-state index in [0.717, 1.165) is 23.6 Å². The summed E-state index contributed by atoms with van der Waals surface area (Å²) >= 11 is 1.58. The predicted octanol–water partition coefficient (Wildman–Crippen LogP) is 2.06. The number of carbonyl (C=O) groups is 1. The molecule has 22 heavy (non-hydrogen) atoms. The molecule has 0 aliphatic carbocycles. The molecule has 0 spiro atoms. The van der Waals surface area contributed by atoms with Crippen molar-refractivity contribution in [2.45, 2.75) is 12.7 Å². The number of nitrogens with one attached hydrogen (secondary N) is 2. The molecule has 2 aromatic heterocycles. The average molecular weight is 365 g/mol. The van der Waals surface area contributed by atoms with Gasteiger partial charge in [0.15, 0.2) is 0 Å². The van der Waals surface area contributed by atoms with E-state index >= 15 is 0 Å². The zero-order chi connectivity index (χ0) is 14.4. The van der Waals surface area contributed by atoms with Gasteiger partial charge in [-0.05, 0) is 25.6 Å². The largest absolute Gasteiger partial charge is 0.354 e. The normalized spacial score (nSPS) is 9.91. The summed E-state index contributed by atoms with van der Waals surface area (Å²) in [5.74, 6) is 1.29. The Morgan fingerprint density at radius 1 is 1.27 bits per heavy atom. The Hall–Kier alpha value is -0.950. The first kappa shape index (κ1) is 21.0. The Kier molecular flexibility index (Phi) is 10.3. The van der Waals surface area contributed by atoms with Crippen LogP contribution in [0.1, 0.15) is 11.3 Å². The quantitative estimate of drug-likeness (QED) is 0.738. The molecular formula is C14H22Cl2N4OS. The minimum absolute atomic E-state index is 0. The molecule has 0 bridgehead atoms. The van der Waals surface area contributed by atoms with Crippen LogP contribution in [0.3, 0.4) is 0 Å². The van der Waals surface area contributed by atoms with Crippen LogP contribution in [0.15, 0.2) is 24.5 Å². The summed E-state index contributed by atoms with van der Waals surface area (Å²) in [5, 5.41) is 5.85. The molecule has 2 rings (SSSR count). The average Bonchev–Trinajstić information content (AvgIpc) is 2.81. The summed E-state index contributed by atoms with van der Waals surface area (Å²) in [6.45, 7) is 3.52. The van der Waals surface area contributed by atoms with E-state index < -0.39 is 0 Å². The lowest BCUT2D eigenvalue weighted by molar-refractivity contribution is -0.118. The molecule has 0 atom stereocenters. The third kappa shape index (κ3) is 6.44. The first-order valence-electron chi connectivity index (χ1n) is 6.62. The number of hydrogen-bond acceptors (Lipinski definition) is 4. The second-order valence-electron chi connectivity index (χ2n) is 4.65. The topological polar surface area (TPSA) is 58.4 Å². The molecule has 0 unspecified atom stereocenters. The molecular weight excluding hydrogens is 343 g/mol. The Labute approximate surface area is 147 Å². The van der Waals surface area contributed by atoms with E-state index in [9.17, 15) is 4.79 Å². The number of fused-ring (bicyclic) bond motifs is 1. The van der Waals surface area contributed by atoms with Crippen LogP contribution in [0.2, 0.25) is 0 Å². The number of halogens is 2. The molecule has 8 heteroatoms. The highest BCUT2D eigenvalue weighted by Gasteiger charge is 2.04. The van der Waals surface area contributed by atoms with E-state index in [-0.39, 0.29) is 30.7 Å². The highest BCUT2D eigenvalue weighted by molar-refractivity contribution is 7.99. The van der Waals surface area contributed by atoms with Gasteiger partial charge in [-0.25, -0.2) is 4.98 Å². The summed E-state index contributed by atoms with van der Waals surface area (Å²) in [6.07, 6.45) is 4.08.